The maximum Gasteiger partial charge on any atom is 0.219 e. The number of hydrogen-bond acceptors (Lipinski definition) is 2. The van der Waals surface area contributed by atoms with Gasteiger partial charge in [-0.2, -0.15) is 0 Å². The van der Waals surface area contributed by atoms with Crippen molar-refractivity contribution in [3.63, 3.8) is 0 Å². The fourth-order valence-corrected chi connectivity index (χ4v) is 2.76. The molecule has 0 saturated carbocycles. The highest BCUT2D eigenvalue weighted by atomic mass is 79.9. The maximum atomic E-state index is 11.4. The minimum atomic E-state index is 0.0791. The monoisotopic (exact) mass is 338 g/mol. The molecule has 4 nitrogen and oxygen atoms in total. The van der Waals surface area contributed by atoms with Crippen LogP contribution in [0.5, 0.6) is 5.75 Å². The summed E-state index contributed by atoms with van der Waals surface area (Å²) in [6, 6.07) is 3.95. The van der Waals surface area contributed by atoms with E-state index in [1.165, 1.54) is 5.56 Å². The summed E-state index contributed by atoms with van der Waals surface area (Å²) < 4.78 is 6.28. The summed E-state index contributed by atoms with van der Waals surface area (Å²) in [5, 5.41) is 4.05. The van der Waals surface area contributed by atoms with E-state index in [-0.39, 0.29) is 11.8 Å². The van der Waals surface area contributed by atoms with Crippen LogP contribution in [0.3, 0.4) is 0 Å². The molecule has 1 atom stereocenters. The van der Waals surface area contributed by atoms with Gasteiger partial charge in [0.15, 0.2) is 0 Å². The average Bonchev–Trinajstić information content (AvgIpc) is 2.88. The Labute approximate surface area is 127 Å². The van der Waals surface area contributed by atoms with Crippen LogP contribution in [0, 0.1) is 0 Å². The third kappa shape index (κ3) is 2.98. The summed E-state index contributed by atoms with van der Waals surface area (Å²) in [5.41, 5.74) is 2.23. The highest BCUT2D eigenvalue weighted by Crippen LogP contribution is 2.33. The molecule has 0 fully saturated rings. The molecule has 2 rings (SSSR count). The Bertz CT molecular complexity index is 622. The third-order valence-corrected chi connectivity index (χ3v) is 4.07. The van der Waals surface area contributed by atoms with Gasteiger partial charge in [-0.25, -0.2) is 0 Å². The number of halogens is 1. The van der Waals surface area contributed by atoms with E-state index >= 15 is 0 Å². The zero-order valence-corrected chi connectivity index (χ0v) is 13.5. The Morgan fingerprint density at radius 3 is 2.90 bits per heavy atom. The first-order valence-electron chi connectivity index (χ1n) is 6.68. The van der Waals surface area contributed by atoms with E-state index < -0.39 is 0 Å². The van der Waals surface area contributed by atoms with E-state index in [1.807, 2.05) is 25.3 Å². The number of rotatable bonds is 5. The van der Waals surface area contributed by atoms with Gasteiger partial charge in [-0.15, -0.1) is 0 Å². The molecule has 2 N–H and O–H groups in total. The molecule has 0 bridgehead atoms. The SMILES string of the molecule is CCC(=O)NCC(C)c1c[nH]c2c(Br)cc(OC)cc12. The molecular weight excluding hydrogens is 320 g/mol. The van der Waals surface area contributed by atoms with Crippen molar-refractivity contribution in [1.29, 1.82) is 0 Å². The second-order valence-electron chi connectivity index (χ2n) is 4.83. The van der Waals surface area contributed by atoms with Crippen molar-refractivity contribution in [2.75, 3.05) is 13.7 Å². The largest absolute Gasteiger partial charge is 0.497 e. The predicted molar refractivity (Wildman–Crippen MR) is 84.3 cm³/mol. The van der Waals surface area contributed by atoms with Gasteiger partial charge < -0.3 is 15.0 Å². The van der Waals surface area contributed by atoms with E-state index in [4.69, 9.17) is 4.74 Å². The molecule has 20 heavy (non-hydrogen) atoms. The van der Waals surface area contributed by atoms with Gasteiger partial charge in [0.25, 0.3) is 0 Å². The minimum absolute atomic E-state index is 0.0791. The molecule has 0 radical (unpaired) electrons. The number of carbonyl (C=O) groups excluding carboxylic acids is 1. The summed E-state index contributed by atoms with van der Waals surface area (Å²) in [6.07, 6.45) is 2.51. The number of ether oxygens (including phenoxy) is 1. The molecule has 0 aliphatic heterocycles. The van der Waals surface area contributed by atoms with Crippen LogP contribution in [0.1, 0.15) is 31.7 Å². The van der Waals surface area contributed by atoms with Gasteiger partial charge >= 0.3 is 0 Å². The zero-order chi connectivity index (χ0) is 14.7. The lowest BCUT2D eigenvalue weighted by atomic mass is 10.0. The smallest absolute Gasteiger partial charge is 0.219 e. The van der Waals surface area contributed by atoms with Crippen molar-refractivity contribution in [3.05, 3.63) is 28.4 Å². The number of carbonyl (C=O) groups is 1. The first kappa shape index (κ1) is 14.9. The summed E-state index contributed by atoms with van der Waals surface area (Å²) in [5.74, 6) is 1.13. The van der Waals surface area contributed by atoms with Crippen molar-refractivity contribution in [2.24, 2.45) is 0 Å². The number of benzene rings is 1. The number of H-pyrrole nitrogens is 1. The van der Waals surface area contributed by atoms with Gasteiger partial charge in [0.05, 0.1) is 12.6 Å². The van der Waals surface area contributed by atoms with Gasteiger partial charge in [0.2, 0.25) is 5.91 Å². The Kier molecular flexibility index (Phi) is 4.70. The van der Waals surface area contributed by atoms with Crippen molar-refractivity contribution < 1.29 is 9.53 Å². The van der Waals surface area contributed by atoms with Gasteiger partial charge in [-0.1, -0.05) is 13.8 Å². The molecule has 0 spiro atoms. The van der Waals surface area contributed by atoms with Crippen molar-refractivity contribution >= 4 is 32.7 Å². The van der Waals surface area contributed by atoms with Crippen molar-refractivity contribution in [3.8, 4) is 5.75 Å². The minimum Gasteiger partial charge on any atom is -0.497 e. The molecule has 1 aromatic heterocycles. The Balaban J connectivity index is 2.30. The lowest BCUT2D eigenvalue weighted by molar-refractivity contribution is -0.120. The van der Waals surface area contributed by atoms with Crippen LogP contribution in [-0.4, -0.2) is 24.5 Å². The Hall–Kier alpha value is -1.49. The molecule has 5 heteroatoms. The van der Waals surface area contributed by atoms with Crippen molar-refractivity contribution in [2.45, 2.75) is 26.2 Å². The number of amides is 1. The summed E-state index contributed by atoms with van der Waals surface area (Å²) >= 11 is 3.54. The van der Waals surface area contributed by atoms with Crippen LogP contribution in [0.2, 0.25) is 0 Å². The topological polar surface area (TPSA) is 54.1 Å². The quantitative estimate of drug-likeness (QED) is 0.875. The van der Waals surface area contributed by atoms with Crippen LogP contribution in [0.4, 0.5) is 0 Å². The van der Waals surface area contributed by atoms with Crippen molar-refractivity contribution in [1.82, 2.24) is 10.3 Å². The summed E-state index contributed by atoms with van der Waals surface area (Å²) in [6.45, 7) is 4.59. The summed E-state index contributed by atoms with van der Waals surface area (Å²) in [4.78, 5) is 14.6. The maximum absolute atomic E-state index is 11.4. The molecule has 0 aliphatic rings. The molecule has 0 aliphatic carbocycles. The fourth-order valence-electron chi connectivity index (χ4n) is 2.21. The van der Waals surface area contributed by atoms with Crippen LogP contribution in [0.15, 0.2) is 22.8 Å². The highest BCUT2D eigenvalue weighted by Gasteiger charge is 2.14. The van der Waals surface area contributed by atoms with E-state index in [0.717, 1.165) is 21.1 Å². The molecule has 108 valence electrons. The average molecular weight is 339 g/mol. The lowest BCUT2D eigenvalue weighted by Crippen LogP contribution is -2.26. The first-order valence-corrected chi connectivity index (χ1v) is 7.47. The number of aromatic amines is 1. The molecule has 1 aromatic carbocycles. The van der Waals surface area contributed by atoms with E-state index in [9.17, 15) is 4.79 Å². The standard InChI is InChI=1S/C15H19BrN2O2/c1-4-14(19)17-7-9(2)12-8-18-15-11(12)5-10(20-3)6-13(15)16/h5-6,8-9,18H,4,7H2,1-3H3,(H,17,19). The predicted octanol–water partition coefficient (Wildman–Crippen LogP) is 3.57. The number of nitrogens with one attached hydrogen (secondary N) is 2. The first-order chi connectivity index (χ1) is 9.56. The van der Waals surface area contributed by atoms with E-state index in [0.29, 0.717) is 13.0 Å². The molecular formula is C15H19BrN2O2. The van der Waals surface area contributed by atoms with E-state index in [1.54, 1.807) is 7.11 Å². The summed E-state index contributed by atoms with van der Waals surface area (Å²) in [7, 11) is 1.66. The Morgan fingerprint density at radius 1 is 1.50 bits per heavy atom. The molecule has 1 unspecified atom stereocenters. The lowest BCUT2D eigenvalue weighted by Gasteiger charge is -2.12. The number of methoxy groups -OCH3 is 1. The highest BCUT2D eigenvalue weighted by molar-refractivity contribution is 9.10. The number of hydrogen-bond donors (Lipinski definition) is 2. The second kappa shape index (κ2) is 6.31. The molecule has 1 amide bonds. The molecule has 2 aromatic rings. The van der Waals surface area contributed by atoms with Crippen LogP contribution < -0.4 is 10.1 Å². The number of fused-ring (bicyclic) bond motifs is 1. The third-order valence-electron chi connectivity index (χ3n) is 3.44. The Morgan fingerprint density at radius 2 is 2.25 bits per heavy atom. The van der Waals surface area contributed by atoms with Crippen LogP contribution >= 0.6 is 15.9 Å². The van der Waals surface area contributed by atoms with Gasteiger partial charge in [-0.05, 0) is 33.6 Å². The van der Waals surface area contributed by atoms with Crippen LogP contribution in [-0.2, 0) is 4.79 Å². The second-order valence-corrected chi connectivity index (χ2v) is 5.69. The van der Waals surface area contributed by atoms with Gasteiger partial charge in [0.1, 0.15) is 5.75 Å². The zero-order valence-electron chi connectivity index (χ0n) is 11.9. The molecule has 0 saturated heterocycles. The normalized spacial score (nSPS) is 12.4. The van der Waals surface area contributed by atoms with E-state index in [2.05, 4.69) is 33.2 Å². The van der Waals surface area contributed by atoms with Crippen LogP contribution in [0.25, 0.3) is 10.9 Å². The number of aromatic nitrogens is 1. The van der Waals surface area contributed by atoms with Gasteiger partial charge in [-0.3, -0.25) is 4.79 Å². The molecule has 1 heterocycles. The fraction of sp³-hybridized carbons (Fsp3) is 0.400. The van der Waals surface area contributed by atoms with Gasteiger partial charge in [0, 0.05) is 34.9 Å².